The van der Waals surface area contributed by atoms with Crippen LogP contribution in [0.15, 0.2) is 28.8 Å². The van der Waals surface area contributed by atoms with Gasteiger partial charge in [0, 0.05) is 24.1 Å². The average Bonchev–Trinajstić information content (AvgIpc) is 2.87. The van der Waals surface area contributed by atoms with E-state index < -0.39 is 0 Å². The molecule has 96 valence electrons. The Morgan fingerprint density at radius 1 is 1.22 bits per heavy atom. The highest BCUT2D eigenvalue weighted by molar-refractivity contribution is 5.68. The van der Waals surface area contributed by atoms with E-state index in [1.54, 1.807) is 14.2 Å². The predicted octanol–water partition coefficient (Wildman–Crippen LogP) is 1.86. The molecule has 0 aliphatic carbocycles. The molecule has 0 aliphatic heterocycles. The van der Waals surface area contributed by atoms with Crippen LogP contribution in [0, 0.1) is 0 Å². The molecule has 1 heterocycles. The topological polar surface area (TPSA) is 70.5 Å². The van der Waals surface area contributed by atoms with Crippen LogP contribution in [0.4, 0.5) is 0 Å². The Bertz CT molecular complexity index is 523. The molecule has 0 radical (unpaired) electrons. The molecule has 2 rings (SSSR count). The van der Waals surface area contributed by atoms with Crippen LogP contribution in [0.3, 0.4) is 0 Å². The minimum atomic E-state index is 0.536. The van der Waals surface area contributed by atoms with E-state index in [0.29, 0.717) is 18.7 Å². The number of nitrogens with zero attached hydrogens (tertiary/aromatic N) is 1. The fourth-order valence-electron chi connectivity index (χ4n) is 1.71. The lowest BCUT2D eigenvalue weighted by Gasteiger charge is -2.07. The van der Waals surface area contributed by atoms with Crippen molar-refractivity contribution < 1.29 is 14.0 Å². The van der Waals surface area contributed by atoms with Gasteiger partial charge < -0.3 is 19.7 Å². The maximum absolute atomic E-state index is 5.47. The Morgan fingerprint density at radius 2 is 2.06 bits per heavy atom. The standard InChI is InChI=1S/C13H16N2O3/c1-16-9-3-4-11(13(8-9)17-2)12-7-10(5-6-14)18-15-12/h3-4,7-8H,5-6,14H2,1-2H3. The molecule has 5 heteroatoms. The fourth-order valence-corrected chi connectivity index (χ4v) is 1.71. The molecule has 0 spiro atoms. The van der Waals surface area contributed by atoms with Gasteiger partial charge >= 0.3 is 0 Å². The summed E-state index contributed by atoms with van der Waals surface area (Å²) in [6.45, 7) is 0.536. The number of hydrogen-bond donors (Lipinski definition) is 1. The number of nitrogens with two attached hydrogens (primary N) is 1. The van der Waals surface area contributed by atoms with Crippen LogP contribution in [0.1, 0.15) is 5.76 Å². The summed E-state index contributed by atoms with van der Waals surface area (Å²) in [5.41, 5.74) is 7.07. The third kappa shape index (κ3) is 2.46. The van der Waals surface area contributed by atoms with Crippen LogP contribution in [-0.4, -0.2) is 25.9 Å². The molecule has 2 N–H and O–H groups in total. The zero-order chi connectivity index (χ0) is 13.0. The first-order valence-electron chi connectivity index (χ1n) is 5.66. The minimum Gasteiger partial charge on any atom is -0.497 e. The van der Waals surface area contributed by atoms with Crippen molar-refractivity contribution >= 4 is 0 Å². The second-order valence-electron chi connectivity index (χ2n) is 3.78. The van der Waals surface area contributed by atoms with Gasteiger partial charge in [0.1, 0.15) is 23.0 Å². The van der Waals surface area contributed by atoms with Crippen molar-refractivity contribution in [2.75, 3.05) is 20.8 Å². The first-order chi connectivity index (χ1) is 8.78. The molecule has 0 atom stereocenters. The number of hydrogen-bond acceptors (Lipinski definition) is 5. The highest BCUT2D eigenvalue weighted by Crippen LogP contribution is 2.32. The van der Waals surface area contributed by atoms with Gasteiger partial charge in [0.2, 0.25) is 0 Å². The van der Waals surface area contributed by atoms with E-state index in [2.05, 4.69) is 5.16 Å². The molecule has 0 unspecified atom stereocenters. The van der Waals surface area contributed by atoms with E-state index in [1.807, 2.05) is 24.3 Å². The summed E-state index contributed by atoms with van der Waals surface area (Å²) in [7, 11) is 3.23. The first kappa shape index (κ1) is 12.4. The summed E-state index contributed by atoms with van der Waals surface area (Å²) in [5.74, 6) is 2.20. The normalized spacial score (nSPS) is 10.4. The van der Waals surface area contributed by atoms with Gasteiger partial charge in [0.15, 0.2) is 0 Å². The maximum atomic E-state index is 5.47. The van der Waals surface area contributed by atoms with Crippen molar-refractivity contribution in [1.29, 1.82) is 0 Å². The molecule has 0 bridgehead atoms. The van der Waals surface area contributed by atoms with Crippen LogP contribution < -0.4 is 15.2 Å². The Balaban J connectivity index is 2.36. The second-order valence-corrected chi connectivity index (χ2v) is 3.78. The van der Waals surface area contributed by atoms with Crippen LogP contribution in [0.5, 0.6) is 11.5 Å². The van der Waals surface area contributed by atoms with Crippen LogP contribution in [0.2, 0.25) is 0 Å². The second kappa shape index (κ2) is 5.55. The highest BCUT2D eigenvalue weighted by atomic mass is 16.5. The molecule has 0 fully saturated rings. The van der Waals surface area contributed by atoms with Crippen molar-refractivity contribution in [3.63, 3.8) is 0 Å². The third-order valence-corrected chi connectivity index (χ3v) is 2.63. The zero-order valence-corrected chi connectivity index (χ0v) is 10.5. The minimum absolute atomic E-state index is 0.536. The van der Waals surface area contributed by atoms with Crippen molar-refractivity contribution in [2.45, 2.75) is 6.42 Å². The number of rotatable bonds is 5. The van der Waals surface area contributed by atoms with Gasteiger partial charge in [-0.2, -0.15) is 0 Å². The number of aromatic nitrogens is 1. The Hall–Kier alpha value is -2.01. The van der Waals surface area contributed by atoms with Crippen molar-refractivity contribution in [2.24, 2.45) is 5.73 Å². The Labute approximate surface area is 105 Å². The first-order valence-corrected chi connectivity index (χ1v) is 5.66. The van der Waals surface area contributed by atoms with Gasteiger partial charge in [0.25, 0.3) is 0 Å². The molecule has 1 aromatic heterocycles. The summed E-state index contributed by atoms with van der Waals surface area (Å²) in [5, 5.41) is 4.02. The molecule has 5 nitrogen and oxygen atoms in total. The lowest BCUT2D eigenvalue weighted by molar-refractivity contribution is 0.383. The number of methoxy groups -OCH3 is 2. The zero-order valence-electron chi connectivity index (χ0n) is 10.5. The lowest BCUT2D eigenvalue weighted by atomic mass is 10.1. The molecule has 0 aliphatic rings. The predicted molar refractivity (Wildman–Crippen MR) is 67.8 cm³/mol. The van der Waals surface area contributed by atoms with E-state index in [1.165, 1.54) is 0 Å². The van der Waals surface area contributed by atoms with Gasteiger partial charge in [-0.1, -0.05) is 5.16 Å². The van der Waals surface area contributed by atoms with Gasteiger partial charge in [-0.15, -0.1) is 0 Å². The van der Waals surface area contributed by atoms with E-state index in [9.17, 15) is 0 Å². The van der Waals surface area contributed by atoms with E-state index in [4.69, 9.17) is 19.7 Å². The molecular weight excluding hydrogens is 232 g/mol. The number of ether oxygens (including phenoxy) is 2. The SMILES string of the molecule is COc1ccc(-c2cc(CCN)on2)c(OC)c1. The van der Waals surface area contributed by atoms with E-state index in [-0.39, 0.29) is 0 Å². The highest BCUT2D eigenvalue weighted by Gasteiger charge is 2.12. The van der Waals surface area contributed by atoms with Crippen molar-refractivity contribution in [1.82, 2.24) is 5.16 Å². The fraction of sp³-hybridized carbons (Fsp3) is 0.308. The smallest absolute Gasteiger partial charge is 0.138 e. The average molecular weight is 248 g/mol. The molecule has 18 heavy (non-hydrogen) atoms. The number of benzene rings is 1. The maximum Gasteiger partial charge on any atom is 0.138 e. The summed E-state index contributed by atoms with van der Waals surface area (Å²) in [6, 6.07) is 7.43. The summed E-state index contributed by atoms with van der Waals surface area (Å²) in [4.78, 5) is 0. The summed E-state index contributed by atoms with van der Waals surface area (Å²) < 4.78 is 15.7. The van der Waals surface area contributed by atoms with Crippen LogP contribution in [-0.2, 0) is 6.42 Å². The molecular formula is C13H16N2O3. The Morgan fingerprint density at radius 3 is 2.72 bits per heavy atom. The summed E-state index contributed by atoms with van der Waals surface area (Å²) >= 11 is 0. The largest absolute Gasteiger partial charge is 0.497 e. The lowest BCUT2D eigenvalue weighted by Crippen LogP contribution is -2.01. The van der Waals surface area contributed by atoms with Crippen LogP contribution >= 0.6 is 0 Å². The quantitative estimate of drug-likeness (QED) is 0.874. The Kier molecular flexibility index (Phi) is 3.84. The monoisotopic (exact) mass is 248 g/mol. The van der Waals surface area contributed by atoms with E-state index >= 15 is 0 Å². The van der Waals surface area contributed by atoms with Crippen molar-refractivity contribution in [3.8, 4) is 22.8 Å². The van der Waals surface area contributed by atoms with Crippen molar-refractivity contribution in [3.05, 3.63) is 30.0 Å². The van der Waals surface area contributed by atoms with Gasteiger partial charge in [0.05, 0.1) is 14.2 Å². The van der Waals surface area contributed by atoms with Gasteiger partial charge in [-0.05, 0) is 18.7 Å². The van der Waals surface area contributed by atoms with Crippen LogP contribution in [0.25, 0.3) is 11.3 Å². The molecule has 0 amide bonds. The molecule has 0 saturated heterocycles. The summed E-state index contributed by atoms with van der Waals surface area (Å²) in [6.07, 6.45) is 0.672. The third-order valence-electron chi connectivity index (χ3n) is 2.63. The van der Waals surface area contributed by atoms with Gasteiger partial charge in [-0.25, -0.2) is 0 Å². The van der Waals surface area contributed by atoms with E-state index in [0.717, 1.165) is 22.8 Å². The van der Waals surface area contributed by atoms with Gasteiger partial charge in [-0.3, -0.25) is 0 Å². The molecule has 1 aromatic carbocycles. The molecule has 0 saturated carbocycles. The molecule has 2 aromatic rings.